The Morgan fingerprint density at radius 1 is 1.18 bits per heavy atom. The molecule has 0 unspecified atom stereocenters. The molecule has 8 heteroatoms. The predicted octanol–water partition coefficient (Wildman–Crippen LogP) is 2.66. The number of carbonyl (C=O) groups is 1. The second-order valence-electron chi connectivity index (χ2n) is 6.33. The van der Waals surface area contributed by atoms with Gasteiger partial charge in [-0.2, -0.15) is 5.10 Å². The van der Waals surface area contributed by atoms with Crippen LogP contribution in [0.2, 0.25) is 0 Å². The van der Waals surface area contributed by atoms with Crippen LogP contribution in [0.25, 0.3) is 0 Å². The van der Waals surface area contributed by atoms with Crippen molar-refractivity contribution >= 4 is 5.97 Å². The summed E-state index contributed by atoms with van der Waals surface area (Å²) < 4.78 is 17.1. The van der Waals surface area contributed by atoms with Crippen LogP contribution in [-0.2, 0) is 13.0 Å². The van der Waals surface area contributed by atoms with Crippen LogP contribution in [0.1, 0.15) is 27.2 Å². The number of nitrogens with zero attached hydrogens (tertiary/aromatic N) is 2. The Labute approximate surface area is 160 Å². The van der Waals surface area contributed by atoms with Gasteiger partial charge in [0.05, 0.1) is 19.2 Å². The first-order valence-corrected chi connectivity index (χ1v) is 8.58. The van der Waals surface area contributed by atoms with E-state index in [1.54, 1.807) is 37.4 Å². The first kappa shape index (κ1) is 17.7. The summed E-state index contributed by atoms with van der Waals surface area (Å²) in [5.74, 6) is 0.522. The van der Waals surface area contributed by atoms with Gasteiger partial charge in [-0.1, -0.05) is 18.2 Å². The van der Waals surface area contributed by atoms with Crippen molar-refractivity contribution < 1.29 is 29.2 Å². The summed E-state index contributed by atoms with van der Waals surface area (Å²) in [4.78, 5) is 11.7. The van der Waals surface area contributed by atoms with E-state index in [1.165, 1.54) is 4.68 Å². The zero-order valence-corrected chi connectivity index (χ0v) is 15.1. The van der Waals surface area contributed by atoms with E-state index in [0.29, 0.717) is 17.2 Å². The molecule has 3 aromatic rings. The highest BCUT2D eigenvalue weighted by Gasteiger charge is 2.24. The highest BCUT2D eigenvalue weighted by atomic mass is 16.7. The quantitative estimate of drug-likeness (QED) is 0.675. The molecule has 1 aromatic heterocycles. The van der Waals surface area contributed by atoms with Crippen LogP contribution in [0.4, 0.5) is 0 Å². The predicted molar refractivity (Wildman–Crippen MR) is 98.3 cm³/mol. The fourth-order valence-corrected chi connectivity index (χ4v) is 3.13. The number of ether oxygens (including phenoxy) is 3. The minimum Gasteiger partial charge on any atom is -0.497 e. The van der Waals surface area contributed by atoms with Crippen molar-refractivity contribution in [2.75, 3.05) is 13.9 Å². The van der Waals surface area contributed by atoms with Crippen LogP contribution >= 0.6 is 0 Å². The molecule has 2 N–H and O–H groups in total. The Morgan fingerprint density at radius 3 is 2.79 bits per heavy atom. The lowest BCUT2D eigenvalue weighted by Crippen LogP contribution is -2.05. The van der Waals surface area contributed by atoms with Crippen molar-refractivity contribution in [2.45, 2.75) is 13.0 Å². The number of carboxylic acids is 1. The van der Waals surface area contributed by atoms with E-state index in [0.717, 1.165) is 11.1 Å². The number of aromatic nitrogens is 2. The van der Waals surface area contributed by atoms with Crippen molar-refractivity contribution in [3.8, 4) is 23.1 Å². The Balaban J connectivity index is 1.66. The van der Waals surface area contributed by atoms with E-state index < -0.39 is 5.97 Å². The number of aromatic carboxylic acids is 1. The first-order chi connectivity index (χ1) is 13.5. The lowest BCUT2D eigenvalue weighted by molar-refractivity contribution is 0.0688. The SMILES string of the molecule is COc1cccc(Cn2nc(C(=O)O)c(Cc3ccc4c(c3)OCO4)c2O)c1. The molecule has 0 radical (unpaired) electrons. The number of hydrogen-bond donors (Lipinski definition) is 2. The average molecular weight is 382 g/mol. The van der Waals surface area contributed by atoms with Crippen molar-refractivity contribution in [2.24, 2.45) is 0 Å². The summed E-state index contributed by atoms with van der Waals surface area (Å²) >= 11 is 0. The van der Waals surface area contributed by atoms with E-state index in [-0.39, 0.29) is 36.9 Å². The monoisotopic (exact) mass is 382 g/mol. The summed E-state index contributed by atoms with van der Waals surface area (Å²) in [6.07, 6.45) is 0.197. The maximum atomic E-state index is 11.7. The lowest BCUT2D eigenvalue weighted by Gasteiger charge is -2.07. The van der Waals surface area contributed by atoms with Crippen LogP contribution in [0.15, 0.2) is 42.5 Å². The van der Waals surface area contributed by atoms with Crippen LogP contribution in [0.5, 0.6) is 23.1 Å². The van der Waals surface area contributed by atoms with Crippen LogP contribution in [-0.4, -0.2) is 39.9 Å². The van der Waals surface area contributed by atoms with Gasteiger partial charge in [0.15, 0.2) is 17.2 Å². The van der Waals surface area contributed by atoms with Gasteiger partial charge in [-0.3, -0.25) is 0 Å². The van der Waals surface area contributed by atoms with Gasteiger partial charge >= 0.3 is 5.97 Å². The molecular weight excluding hydrogens is 364 g/mol. The summed E-state index contributed by atoms with van der Waals surface area (Å²) in [5, 5.41) is 24.3. The Bertz CT molecular complexity index is 1040. The summed E-state index contributed by atoms with van der Waals surface area (Å²) in [7, 11) is 1.57. The lowest BCUT2D eigenvalue weighted by atomic mass is 10.0. The molecule has 0 bridgehead atoms. The average Bonchev–Trinajstić information content (AvgIpc) is 3.28. The van der Waals surface area contributed by atoms with Gasteiger partial charge in [0, 0.05) is 6.42 Å². The minimum atomic E-state index is -1.20. The van der Waals surface area contributed by atoms with Crippen molar-refractivity contribution in [1.82, 2.24) is 9.78 Å². The second kappa shape index (κ2) is 7.15. The van der Waals surface area contributed by atoms with Gasteiger partial charge in [0.25, 0.3) is 0 Å². The van der Waals surface area contributed by atoms with E-state index in [4.69, 9.17) is 14.2 Å². The molecule has 144 valence electrons. The second-order valence-corrected chi connectivity index (χ2v) is 6.33. The van der Waals surface area contributed by atoms with Crippen LogP contribution in [0, 0.1) is 0 Å². The van der Waals surface area contributed by atoms with Gasteiger partial charge in [-0.15, -0.1) is 0 Å². The van der Waals surface area contributed by atoms with Crippen molar-refractivity contribution in [3.05, 3.63) is 64.8 Å². The molecule has 1 aliphatic rings. The molecular formula is C20H18N2O6. The van der Waals surface area contributed by atoms with E-state index >= 15 is 0 Å². The molecule has 0 saturated heterocycles. The number of carboxylic acid groups (broad SMARTS) is 1. The van der Waals surface area contributed by atoms with Gasteiger partial charge in [0.2, 0.25) is 12.7 Å². The Hall–Kier alpha value is -3.68. The topological polar surface area (TPSA) is 103 Å². The summed E-state index contributed by atoms with van der Waals surface area (Å²) in [5.41, 5.74) is 1.67. The zero-order valence-electron chi connectivity index (χ0n) is 15.1. The fourth-order valence-electron chi connectivity index (χ4n) is 3.13. The highest BCUT2D eigenvalue weighted by Crippen LogP contribution is 2.34. The molecule has 4 rings (SSSR count). The third-order valence-corrected chi connectivity index (χ3v) is 4.51. The Kier molecular flexibility index (Phi) is 4.52. The van der Waals surface area contributed by atoms with Crippen LogP contribution < -0.4 is 14.2 Å². The molecule has 0 saturated carbocycles. The van der Waals surface area contributed by atoms with E-state index in [2.05, 4.69) is 5.10 Å². The molecule has 0 aliphatic carbocycles. The highest BCUT2D eigenvalue weighted by molar-refractivity contribution is 5.88. The summed E-state index contributed by atoms with van der Waals surface area (Å²) in [6, 6.07) is 12.6. The summed E-state index contributed by atoms with van der Waals surface area (Å²) in [6.45, 7) is 0.368. The molecule has 1 aliphatic heterocycles. The van der Waals surface area contributed by atoms with Gasteiger partial charge in [-0.05, 0) is 35.4 Å². The maximum absolute atomic E-state index is 11.7. The molecule has 8 nitrogen and oxygen atoms in total. The number of methoxy groups -OCH3 is 1. The smallest absolute Gasteiger partial charge is 0.356 e. The van der Waals surface area contributed by atoms with Crippen LogP contribution in [0.3, 0.4) is 0 Å². The standard InChI is InChI=1S/C20H18N2O6/c1-26-14-4-2-3-13(7-14)10-22-19(23)15(18(21-22)20(24)25)8-12-5-6-16-17(9-12)28-11-27-16/h2-7,9,23H,8,10-11H2,1H3,(H,24,25). The van der Waals surface area contributed by atoms with Gasteiger partial charge < -0.3 is 24.4 Å². The first-order valence-electron chi connectivity index (χ1n) is 8.58. The number of benzene rings is 2. The third kappa shape index (κ3) is 3.32. The number of hydrogen-bond acceptors (Lipinski definition) is 6. The third-order valence-electron chi connectivity index (χ3n) is 4.51. The van der Waals surface area contributed by atoms with Crippen molar-refractivity contribution in [3.63, 3.8) is 0 Å². The molecule has 0 fully saturated rings. The van der Waals surface area contributed by atoms with Gasteiger partial charge in [-0.25, -0.2) is 9.48 Å². The number of rotatable bonds is 6. The van der Waals surface area contributed by atoms with Gasteiger partial charge in [0.1, 0.15) is 5.75 Å². The molecule has 0 atom stereocenters. The largest absolute Gasteiger partial charge is 0.497 e. The number of fused-ring (bicyclic) bond motifs is 1. The molecule has 2 heterocycles. The molecule has 2 aromatic carbocycles. The molecule has 0 spiro atoms. The minimum absolute atomic E-state index is 0.156. The van der Waals surface area contributed by atoms with E-state index in [9.17, 15) is 15.0 Å². The number of aromatic hydroxyl groups is 1. The normalized spacial score (nSPS) is 12.2. The maximum Gasteiger partial charge on any atom is 0.356 e. The molecule has 0 amide bonds. The molecule has 28 heavy (non-hydrogen) atoms. The van der Waals surface area contributed by atoms with E-state index in [1.807, 2.05) is 12.1 Å². The zero-order chi connectivity index (χ0) is 19.7. The fraction of sp³-hybridized carbons (Fsp3) is 0.200. The van der Waals surface area contributed by atoms with Crippen molar-refractivity contribution in [1.29, 1.82) is 0 Å². The Morgan fingerprint density at radius 2 is 2.00 bits per heavy atom.